The lowest BCUT2D eigenvalue weighted by atomic mass is 10.0. The summed E-state index contributed by atoms with van der Waals surface area (Å²) in [6.45, 7) is 10.2. The van der Waals surface area contributed by atoms with Crippen molar-refractivity contribution in [2.24, 2.45) is 5.92 Å². The number of carbonyl (C=O) groups is 2. The predicted molar refractivity (Wildman–Crippen MR) is 118 cm³/mol. The highest BCUT2D eigenvalue weighted by Gasteiger charge is 2.64. The van der Waals surface area contributed by atoms with Crippen LogP contribution in [0.4, 0.5) is 4.79 Å². The molecule has 1 aromatic rings. The Morgan fingerprint density at radius 2 is 2.00 bits per heavy atom. The molecule has 2 amide bonds. The predicted octanol–water partition coefficient (Wildman–Crippen LogP) is 3.17. The van der Waals surface area contributed by atoms with E-state index in [-0.39, 0.29) is 23.3 Å². The van der Waals surface area contributed by atoms with Gasteiger partial charge in [-0.1, -0.05) is 44.2 Å². The summed E-state index contributed by atoms with van der Waals surface area (Å²) in [6.07, 6.45) is -0.340. The third-order valence-corrected chi connectivity index (χ3v) is 6.28. The topological polar surface area (TPSA) is 92.0 Å². The SMILES string of the molecule is CC(C)C[C@H](NC(=O)OC(C)(C)C)C(=O)NC12OC1NCCSC2c1ccccc1. The van der Waals surface area contributed by atoms with Crippen molar-refractivity contribution in [3.63, 3.8) is 0 Å². The first kappa shape index (κ1) is 22.9. The van der Waals surface area contributed by atoms with E-state index in [9.17, 15) is 9.59 Å². The van der Waals surface area contributed by atoms with Crippen LogP contribution in [-0.4, -0.2) is 47.9 Å². The summed E-state index contributed by atoms with van der Waals surface area (Å²) in [6, 6.07) is 9.37. The highest BCUT2D eigenvalue weighted by molar-refractivity contribution is 7.99. The van der Waals surface area contributed by atoms with Crippen LogP contribution in [0.3, 0.4) is 0 Å². The number of epoxide rings is 1. The van der Waals surface area contributed by atoms with E-state index in [4.69, 9.17) is 9.47 Å². The summed E-state index contributed by atoms with van der Waals surface area (Å²) in [5.41, 5.74) is -0.355. The molecule has 0 aromatic heterocycles. The number of fused-ring (bicyclic) bond motifs is 1. The Bertz CT molecular complexity index is 752. The first-order chi connectivity index (χ1) is 14.1. The molecule has 2 saturated heterocycles. The number of alkyl carbamates (subject to hydrolysis) is 1. The molecule has 166 valence electrons. The van der Waals surface area contributed by atoms with Gasteiger partial charge in [0, 0.05) is 12.3 Å². The van der Waals surface area contributed by atoms with Gasteiger partial charge in [0.25, 0.3) is 0 Å². The molecule has 3 unspecified atom stereocenters. The van der Waals surface area contributed by atoms with Crippen LogP contribution in [0.15, 0.2) is 30.3 Å². The molecule has 7 nitrogen and oxygen atoms in total. The van der Waals surface area contributed by atoms with Gasteiger partial charge in [0.2, 0.25) is 5.91 Å². The van der Waals surface area contributed by atoms with Gasteiger partial charge >= 0.3 is 6.09 Å². The van der Waals surface area contributed by atoms with Crippen LogP contribution >= 0.6 is 11.8 Å². The van der Waals surface area contributed by atoms with Crippen LogP contribution in [0.25, 0.3) is 0 Å². The van der Waals surface area contributed by atoms with Crippen LogP contribution in [0.1, 0.15) is 51.9 Å². The van der Waals surface area contributed by atoms with Crippen LogP contribution < -0.4 is 16.0 Å². The molecule has 1 aromatic carbocycles. The van der Waals surface area contributed by atoms with Gasteiger partial charge in [-0.25, -0.2) is 4.79 Å². The summed E-state index contributed by atoms with van der Waals surface area (Å²) in [5, 5.41) is 9.17. The fraction of sp³-hybridized carbons (Fsp3) is 0.636. The average molecular weight is 436 g/mol. The number of hydrogen-bond acceptors (Lipinski definition) is 6. The minimum atomic E-state index is -0.829. The van der Waals surface area contributed by atoms with E-state index in [1.807, 2.05) is 32.0 Å². The Balaban J connectivity index is 1.76. The number of ether oxygens (including phenoxy) is 2. The molecular formula is C22H33N3O4S. The minimum Gasteiger partial charge on any atom is -0.444 e. The Morgan fingerprint density at radius 1 is 1.30 bits per heavy atom. The highest BCUT2D eigenvalue weighted by atomic mass is 32.2. The maximum absolute atomic E-state index is 13.3. The summed E-state index contributed by atoms with van der Waals surface area (Å²) in [7, 11) is 0. The standard InChI is InChI=1S/C22H33N3O4S/c1-14(2)13-16(24-20(27)29-21(3,4)5)18(26)25-22-17(15-9-7-6-8-10-15)30-12-11-23-19(22)28-22/h6-10,14,16-17,19,23H,11-13H2,1-5H3,(H,24,27)(H,25,26)/t16-,17?,19?,22?/m0/s1. The van der Waals surface area contributed by atoms with Crippen molar-refractivity contribution in [2.75, 3.05) is 12.3 Å². The maximum Gasteiger partial charge on any atom is 0.408 e. The van der Waals surface area contributed by atoms with E-state index < -0.39 is 23.5 Å². The molecule has 2 fully saturated rings. The number of amides is 2. The quantitative estimate of drug-likeness (QED) is 0.595. The molecule has 0 spiro atoms. The molecule has 3 N–H and O–H groups in total. The van der Waals surface area contributed by atoms with Crippen molar-refractivity contribution in [3.8, 4) is 0 Å². The van der Waals surface area contributed by atoms with Crippen molar-refractivity contribution in [1.29, 1.82) is 0 Å². The van der Waals surface area contributed by atoms with Crippen molar-refractivity contribution >= 4 is 23.8 Å². The minimum absolute atomic E-state index is 0.0381. The summed E-state index contributed by atoms with van der Waals surface area (Å²) >= 11 is 1.76. The monoisotopic (exact) mass is 435 g/mol. The molecular weight excluding hydrogens is 402 g/mol. The normalized spacial score (nSPS) is 26.9. The third kappa shape index (κ3) is 5.68. The zero-order valence-corrected chi connectivity index (χ0v) is 19.2. The van der Waals surface area contributed by atoms with Crippen LogP contribution in [0.2, 0.25) is 0 Å². The largest absolute Gasteiger partial charge is 0.444 e. The van der Waals surface area contributed by atoms with Gasteiger partial charge in [0.15, 0.2) is 12.0 Å². The number of thioether (sulfide) groups is 1. The van der Waals surface area contributed by atoms with Gasteiger partial charge in [0.05, 0.1) is 5.25 Å². The molecule has 0 saturated carbocycles. The van der Waals surface area contributed by atoms with Crippen molar-refractivity contribution in [2.45, 2.75) is 69.9 Å². The molecule has 30 heavy (non-hydrogen) atoms. The summed E-state index contributed by atoms with van der Waals surface area (Å²) in [4.78, 5) is 25.6. The van der Waals surface area contributed by atoms with Crippen LogP contribution in [0.5, 0.6) is 0 Å². The molecule has 2 heterocycles. The fourth-order valence-corrected chi connectivity index (χ4v) is 4.92. The van der Waals surface area contributed by atoms with E-state index in [1.54, 1.807) is 32.5 Å². The summed E-state index contributed by atoms with van der Waals surface area (Å²) in [5.74, 6) is 0.876. The van der Waals surface area contributed by atoms with Crippen molar-refractivity contribution < 1.29 is 19.1 Å². The molecule has 2 aliphatic rings. The lowest BCUT2D eigenvalue weighted by Gasteiger charge is -2.28. The average Bonchev–Trinajstić information content (AvgIpc) is 3.34. The zero-order valence-electron chi connectivity index (χ0n) is 18.4. The Hall–Kier alpha value is -1.77. The molecule has 0 radical (unpaired) electrons. The second-order valence-corrected chi connectivity index (χ2v) is 10.4. The second kappa shape index (κ2) is 9.16. The van der Waals surface area contributed by atoms with Crippen LogP contribution in [0, 0.1) is 5.92 Å². The maximum atomic E-state index is 13.3. The van der Waals surface area contributed by atoms with E-state index in [0.29, 0.717) is 6.42 Å². The molecule has 3 rings (SSSR count). The lowest BCUT2D eigenvalue weighted by Crippen LogP contribution is -2.54. The van der Waals surface area contributed by atoms with E-state index in [2.05, 4.69) is 28.1 Å². The second-order valence-electron chi connectivity index (χ2n) is 9.22. The molecule has 0 aliphatic carbocycles. The zero-order chi connectivity index (χ0) is 21.9. The van der Waals surface area contributed by atoms with Gasteiger partial charge in [0.1, 0.15) is 11.6 Å². The lowest BCUT2D eigenvalue weighted by molar-refractivity contribution is -0.125. The number of rotatable bonds is 6. The number of benzene rings is 1. The Morgan fingerprint density at radius 3 is 2.63 bits per heavy atom. The smallest absolute Gasteiger partial charge is 0.408 e. The molecule has 0 bridgehead atoms. The van der Waals surface area contributed by atoms with E-state index in [0.717, 1.165) is 17.9 Å². The number of hydrogen-bond donors (Lipinski definition) is 3. The summed E-state index contributed by atoms with van der Waals surface area (Å²) < 4.78 is 11.4. The number of nitrogens with one attached hydrogen (secondary N) is 3. The van der Waals surface area contributed by atoms with E-state index >= 15 is 0 Å². The molecule has 4 atom stereocenters. The highest BCUT2D eigenvalue weighted by Crippen LogP contribution is 2.51. The Labute approximate surface area is 183 Å². The van der Waals surface area contributed by atoms with Gasteiger partial charge < -0.3 is 20.1 Å². The Kier molecular flexibility index (Phi) is 6.99. The molecule has 2 aliphatic heterocycles. The van der Waals surface area contributed by atoms with Gasteiger partial charge in [-0.2, -0.15) is 0 Å². The first-order valence-corrected chi connectivity index (χ1v) is 11.5. The first-order valence-electron chi connectivity index (χ1n) is 10.5. The van der Waals surface area contributed by atoms with Crippen molar-refractivity contribution in [3.05, 3.63) is 35.9 Å². The third-order valence-electron chi connectivity index (χ3n) is 4.89. The van der Waals surface area contributed by atoms with Gasteiger partial charge in [-0.05, 0) is 38.7 Å². The molecule has 8 heteroatoms. The van der Waals surface area contributed by atoms with Gasteiger partial charge in [-0.3, -0.25) is 10.1 Å². The number of carbonyl (C=O) groups excluding carboxylic acids is 2. The van der Waals surface area contributed by atoms with Crippen LogP contribution in [-0.2, 0) is 14.3 Å². The fourth-order valence-electron chi connectivity index (χ4n) is 3.61. The van der Waals surface area contributed by atoms with E-state index in [1.165, 1.54) is 0 Å². The van der Waals surface area contributed by atoms with Crippen molar-refractivity contribution in [1.82, 2.24) is 16.0 Å². The van der Waals surface area contributed by atoms with Gasteiger partial charge in [-0.15, -0.1) is 11.8 Å².